The fraction of sp³-hybridized carbons (Fsp3) is 0. The molecule has 0 bridgehead atoms. The van der Waals surface area contributed by atoms with Gasteiger partial charge in [0.25, 0.3) is 0 Å². The summed E-state index contributed by atoms with van der Waals surface area (Å²) >= 11 is 4.04. The zero-order chi connectivity index (χ0) is 2.71. The predicted molar refractivity (Wildman–Crippen MR) is 41.3 cm³/mol. The first kappa shape index (κ1) is 30.1. The first-order chi connectivity index (χ1) is 1.41. The van der Waals surface area contributed by atoms with Gasteiger partial charge in [-0.05, 0) is 0 Å². The molecule has 0 aromatic rings. The Kier molecular flexibility index (Phi) is 135. The van der Waals surface area contributed by atoms with Crippen molar-refractivity contribution in [1.29, 1.82) is 0 Å². The first-order valence-electron chi connectivity index (χ1n) is 0.418. The van der Waals surface area contributed by atoms with Crippen LogP contribution >= 0.6 is 0 Å². The van der Waals surface area contributed by atoms with Gasteiger partial charge in [-0.3, -0.25) is 0 Å². The molecule has 0 rings (SSSR count). The van der Waals surface area contributed by atoms with Gasteiger partial charge >= 0.3 is 90.4 Å². The summed E-state index contributed by atoms with van der Waals surface area (Å²) in [6, 6.07) is 0. The molecule has 54 valence electrons. The van der Waals surface area contributed by atoms with Crippen molar-refractivity contribution in [3.63, 3.8) is 0 Å². The Bertz CT molecular complexity index is 15.7. The molecule has 7 heteroatoms. The summed E-state index contributed by atoms with van der Waals surface area (Å²) in [5.74, 6) is 0. The van der Waals surface area contributed by atoms with E-state index in [0.717, 1.165) is 9.79 Å². The SMILES string of the molecule is [Cu].[Cu].[GaH3].[InH3].[SeH][Se][SbH2]. The van der Waals surface area contributed by atoms with Gasteiger partial charge in [-0.1, -0.05) is 0 Å². The number of hydrogen-bond acceptors (Lipinski definition) is 0. The van der Waals surface area contributed by atoms with Crippen molar-refractivity contribution in [3.8, 4) is 0 Å². The zero-order valence-electron chi connectivity index (χ0n) is 2.04. The van der Waals surface area contributed by atoms with Gasteiger partial charge in [0.05, 0.1) is 0 Å². The summed E-state index contributed by atoms with van der Waals surface area (Å²) in [5.41, 5.74) is 0. The van der Waals surface area contributed by atoms with Crippen LogP contribution in [0.3, 0.4) is 0 Å². The van der Waals surface area contributed by atoms with Crippen LogP contribution in [0.25, 0.3) is 0 Å². The average molecular weight is 600 g/mol. The Hall–Kier alpha value is 4.40. The molecule has 0 aliphatic rings. The van der Waals surface area contributed by atoms with Gasteiger partial charge in [0, 0.05) is 34.1 Å². The van der Waals surface area contributed by atoms with Crippen molar-refractivity contribution in [2.75, 3.05) is 0 Å². The standard InChI is InChI=1S/2Cu.Ga.In.Sb.H2Se2.8H/c;;;;;1-2;;;;;;;;/h;;;;;1-2H;;;;;;;;/q;;;;+1;;;;;;;;;/p-1. The van der Waals surface area contributed by atoms with Crippen LogP contribution in [-0.2, 0) is 34.1 Å². The van der Waals surface area contributed by atoms with Crippen LogP contribution in [0.15, 0.2) is 0 Å². The van der Waals surface area contributed by atoms with E-state index in [4.69, 9.17) is 0 Å². The third-order valence-electron chi connectivity index (χ3n) is 0. The van der Waals surface area contributed by atoms with E-state index in [9.17, 15) is 0 Å². The molecule has 0 heterocycles. The molecule has 0 saturated carbocycles. The second-order valence-corrected chi connectivity index (χ2v) is 19.1. The van der Waals surface area contributed by atoms with Crippen LogP contribution in [0.1, 0.15) is 0 Å². The van der Waals surface area contributed by atoms with Gasteiger partial charge in [0.2, 0.25) is 0 Å². The van der Waals surface area contributed by atoms with E-state index in [1.165, 1.54) is 20.7 Å². The topological polar surface area (TPSA) is 0 Å². The molecule has 0 aliphatic carbocycles. The van der Waals surface area contributed by atoms with Crippen molar-refractivity contribution in [2.45, 2.75) is 0 Å². The van der Waals surface area contributed by atoms with Crippen LogP contribution in [0, 0.1) is 0 Å². The molecule has 0 amide bonds. The molecule has 0 unspecified atom stereocenters. The molecule has 0 fully saturated rings. The average Bonchev–Trinajstić information content (AvgIpc) is 0.918. The van der Waals surface area contributed by atoms with Crippen LogP contribution in [0.2, 0.25) is 0 Å². The van der Waals surface area contributed by atoms with E-state index in [0.29, 0.717) is 0 Å². The summed E-state index contributed by atoms with van der Waals surface area (Å²) in [5, 5.41) is 0. The third kappa shape index (κ3) is 37.9. The summed E-state index contributed by atoms with van der Waals surface area (Å²) in [4.78, 5) is 0. The second-order valence-electron chi connectivity index (χ2n) is 0.105. The molecule has 0 N–H and O–H groups in total. The van der Waals surface area contributed by atoms with Crippen LogP contribution < -0.4 is 0 Å². The fourth-order valence-corrected chi connectivity index (χ4v) is 0. The zero-order valence-corrected chi connectivity index (χ0v) is 10.8. The third-order valence-corrected chi connectivity index (χ3v) is 0. The van der Waals surface area contributed by atoms with Gasteiger partial charge in [-0.25, -0.2) is 0 Å². The summed E-state index contributed by atoms with van der Waals surface area (Å²) < 4.78 is 0. The monoisotopic (exact) mass is 599 g/mol. The van der Waals surface area contributed by atoms with Crippen LogP contribution in [0.4, 0.5) is 0 Å². The molecule has 0 spiro atoms. The molecule has 0 aromatic carbocycles. The fourth-order valence-electron chi connectivity index (χ4n) is 0. The molecule has 0 aromatic heterocycles. The number of hydrogen-bond donors (Lipinski definition) is 0. The molecule has 0 nitrogen and oxygen atoms in total. The molecule has 0 saturated heterocycles. The summed E-state index contributed by atoms with van der Waals surface area (Å²) in [6.45, 7) is 0. The van der Waals surface area contributed by atoms with Gasteiger partial charge in [-0.2, -0.15) is 0 Å². The van der Waals surface area contributed by atoms with Crippen LogP contribution in [0.5, 0.6) is 0 Å². The Balaban J connectivity index is -0.00000000333. The Labute approximate surface area is 122 Å². The molecular formula is H9Cu2GaInSbSe2. The quantitative estimate of drug-likeness (QED) is 0.247. The van der Waals surface area contributed by atoms with Gasteiger partial charge in [0.1, 0.15) is 0 Å². The summed E-state index contributed by atoms with van der Waals surface area (Å²) in [7, 11) is 0.942. The molecular weight excluding hydrogens is 591 g/mol. The van der Waals surface area contributed by atoms with Crippen molar-refractivity contribution in [2.24, 2.45) is 0 Å². The Morgan fingerprint density at radius 2 is 1.29 bits per heavy atom. The summed E-state index contributed by atoms with van der Waals surface area (Å²) in [6.07, 6.45) is 0. The van der Waals surface area contributed by atoms with E-state index in [1.807, 2.05) is 0 Å². The van der Waals surface area contributed by atoms with E-state index >= 15 is 0 Å². The van der Waals surface area contributed by atoms with Crippen molar-refractivity contribution in [1.82, 2.24) is 0 Å². The normalized spacial score (nSPS) is 2.57. The predicted octanol–water partition coefficient (Wildman–Crippen LogP) is -4.32. The second kappa shape index (κ2) is 31.5. The van der Waals surface area contributed by atoms with E-state index in [-0.39, 0.29) is 79.8 Å². The van der Waals surface area contributed by atoms with Crippen molar-refractivity contribution >= 4 is 90.4 Å². The molecule has 0 aliphatic heterocycles. The Morgan fingerprint density at radius 1 is 1.29 bits per heavy atom. The van der Waals surface area contributed by atoms with Crippen LogP contribution in [-0.4, -0.2) is 90.4 Å². The first-order valence-corrected chi connectivity index (χ1v) is 13.1. The molecule has 2 radical (unpaired) electrons. The van der Waals surface area contributed by atoms with Crippen molar-refractivity contribution < 1.29 is 34.1 Å². The molecule has 7 heavy (non-hydrogen) atoms. The Morgan fingerprint density at radius 3 is 1.29 bits per heavy atom. The van der Waals surface area contributed by atoms with Gasteiger partial charge < -0.3 is 0 Å². The van der Waals surface area contributed by atoms with E-state index in [1.54, 1.807) is 0 Å². The van der Waals surface area contributed by atoms with E-state index < -0.39 is 0 Å². The number of rotatable bonds is 0. The maximum absolute atomic E-state index is 2.59. The van der Waals surface area contributed by atoms with Gasteiger partial charge in [-0.15, -0.1) is 0 Å². The minimum absolute atomic E-state index is 0. The maximum atomic E-state index is 2.59. The minimum atomic E-state index is 0. The van der Waals surface area contributed by atoms with Gasteiger partial charge in [0.15, 0.2) is 0 Å². The molecule has 0 atom stereocenters. The van der Waals surface area contributed by atoms with E-state index in [2.05, 4.69) is 14.2 Å². The van der Waals surface area contributed by atoms with Crippen molar-refractivity contribution in [3.05, 3.63) is 0 Å².